The number of aryl methyl sites for hydroxylation is 2. The van der Waals surface area contributed by atoms with Gasteiger partial charge in [-0.3, -0.25) is 19.4 Å². The van der Waals surface area contributed by atoms with Crippen molar-refractivity contribution in [1.82, 2.24) is 29.8 Å². The molecule has 2 aliphatic rings. The van der Waals surface area contributed by atoms with Crippen molar-refractivity contribution in [1.29, 1.82) is 0 Å². The van der Waals surface area contributed by atoms with Crippen LogP contribution in [0.4, 0.5) is 45.3 Å². The predicted octanol–water partition coefficient (Wildman–Crippen LogP) is 4.64. The maximum absolute atomic E-state index is 14.9. The molecular formula is C27H24F9N7O3. The van der Waals surface area contributed by atoms with Gasteiger partial charge in [-0.25, -0.2) is 22.7 Å². The lowest BCUT2D eigenvalue weighted by Gasteiger charge is -2.20. The number of aromatic nitrogens is 4. The Morgan fingerprint density at radius 2 is 1.72 bits per heavy atom. The van der Waals surface area contributed by atoms with Crippen LogP contribution in [-0.4, -0.2) is 79.6 Å². The van der Waals surface area contributed by atoms with Gasteiger partial charge in [-0.1, -0.05) is 0 Å². The first-order valence-electron chi connectivity index (χ1n) is 13.7. The highest BCUT2D eigenvalue weighted by Crippen LogP contribution is 2.41. The highest BCUT2D eigenvalue weighted by atomic mass is 19.4. The number of hydrogen-bond donors (Lipinski definition) is 2. The maximum Gasteiger partial charge on any atom is 0.471 e. The lowest BCUT2D eigenvalue weighted by Crippen LogP contribution is -2.42. The van der Waals surface area contributed by atoms with E-state index in [9.17, 15) is 53.9 Å². The fourth-order valence-corrected chi connectivity index (χ4v) is 5.68. The lowest BCUT2D eigenvalue weighted by atomic mass is 10.0. The number of pyridine rings is 1. The Kier molecular flexibility index (Phi) is 8.17. The number of likely N-dealkylation sites (tertiary alicyclic amines) is 1. The van der Waals surface area contributed by atoms with Gasteiger partial charge in [0, 0.05) is 36.6 Å². The van der Waals surface area contributed by atoms with Crippen molar-refractivity contribution in [2.75, 3.05) is 18.4 Å². The van der Waals surface area contributed by atoms with Gasteiger partial charge in [-0.15, -0.1) is 0 Å². The summed E-state index contributed by atoms with van der Waals surface area (Å²) < 4.78 is 124. The summed E-state index contributed by atoms with van der Waals surface area (Å²) in [6.07, 6.45) is -12.9. The van der Waals surface area contributed by atoms with E-state index in [4.69, 9.17) is 0 Å². The van der Waals surface area contributed by atoms with Crippen LogP contribution in [0.5, 0.6) is 0 Å². The van der Waals surface area contributed by atoms with Gasteiger partial charge in [0.2, 0.25) is 11.8 Å². The molecule has 2 N–H and O–H groups in total. The summed E-state index contributed by atoms with van der Waals surface area (Å²) in [5.41, 5.74) is -3.05. The fraction of sp³-hybridized carbons (Fsp3) is 0.481. The van der Waals surface area contributed by atoms with Gasteiger partial charge in [0.05, 0.1) is 35.1 Å². The second-order valence-corrected chi connectivity index (χ2v) is 11.2. The van der Waals surface area contributed by atoms with Crippen molar-refractivity contribution in [3.05, 3.63) is 41.0 Å². The minimum Gasteiger partial charge on any atom is -0.344 e. The number of nitrogens with one attached hydrogen (secondary N) is 2. The van der Waals surface area contributed by atoms with E-state index >= 15 is 0 Å². The molecule has 0 radical (unpaired) electrons. The van der Waals surface area contributed by atoms with Crippen molar-refractivity contribution in [2.45, 2.75) is 63.6 Å². The second kappa shape index (κ2) is 11.4. The molecule has 46 heavy (non-hydrogen) atoms. The molecule has 19 heteroatoms. The molecule has 10 nitrogen and oxygen atoms in total. The van der Waals surface area contributed by atoms with E-state index in [1.807, 2.05) is 0 Å². The number of alkyl halides is 9. The van der Waals surface area contributed by atoms with Crippen LogP contribution in [-0.2, 0) is 15.8 Å². The number of anilines is 1. The summed E-state index contributed by atoms with van der Waals surface area (Å²) in [6, 6.07) is 0.441. The molecule has 3 atom stereocenters. The van der Waals surface area contributed by atoms with Gasteiger partial charge in [-0.05, 0) is 32.4 Å². The van der Waals surface area contributed by atoms with E-state index < -0.39 is 90.4 Å². The highest BCUT2D eigenvalue weighted by molar-refractivity contribution is 5.99. The molecule has 1 saturated heterocycles. The third kappa shape index (κ3) is 6.31. The molecule has 2 fully saturated rings. The Morgan fingerprint density at radius 3 is 2.33 bits per heavy atom. The average molecular weight is 666 g/mol. The van der Waals surface area contributed by atoms with Crippen LogP contribution in [0, 0.1) is 19.8 Å². The molecule has 1 saturated carbocycles. The second-order valence-electron chi connectivity index (χ2n) is 11.2. The van der Waals surface area contributed by atoms with E-state index in [-0.39, 0.29) is 41.2 Å². The molecule has 0 aromatic carbocycles. The van der Waals surface area contributed by atoms with Crippen LogP contribution < -0.4 is 10.6 Å². The smallest absolute Gasteiger partial charge is 0.344 e. The normalized spacial score (nSPS) is 21.5. The quantitative estimate of drug-likeness (QED) is 0.383. The van der Waals surface area contributed by atoms with Gasteiger partial charge < -0.3 is 15.5 Å². The summed E-state index contributed by atoms with van der Waals surface area (Å²) >= 11 is 0. The monoisotopic (exact) mass is 665 g/mol. The summed E-state index contributed by atoms with van der Waals surface area (Å²) in [4.78, 5) is 46.2. The Labute approximate surface area is 253 Å². The molecule has 1 aliphatic heterocycles. The van der Waals surface area contributed by atoms with Crippen LogP contribution in [0.1, 0.15) is 46.6 Å². The number of rotatable bonds is 5. The molecule has 3 amide bonds. The molecule has 248 valence electrons. The first-order valence-corrected chi connectivity index (χ1v) is 13.7. The molecule has 3 aromatic heterocycles. The Morgan fingerprint density at radius 1 is 1.02 bits per heavy atom. The minimum atomic E-state index is -5.44. The van der Waals surface area contributed by atoms with Crippen LogP contribution >= 0.6 is 0 Å². The molecule has 0 unspecified atom stereocenters. The molecule has 0 bridgehead atoms. The minimum absolute atomic E-state index is 0.0566. The molecule has 0 spiro atoms. The Balaban J connectivity index is 1.46. The largest absolute Gasteiger partial charge is 0.471 e. The Hall–Kier alpha value is -4.45. The number of halogens is 9. The zero-order valence-corrected chi connectivity index (χ0v) is 23.9. The van der Waals surface area contributed by atoms with Crippen molar-refractivity contribution in [3.63, 3.8) is 0 Å². The molecule has 3 aromatic rings. The van der Waals surface area contributed by atoms with E-state index in [0.717, 1.165) is 11.0 Å². The molecular weight excluding hydrogens is 641 g/mol. The summed E-state index contributed by atoms with van der Waals surface area (Å²) in [5.74, 6) is -9.19. The molecule has 4 heterocycles. The van der Waals surface area contributed by atoms with Gasteiger partial charge in [0.1, 0.15) is 18.0 Å². The van der Waals surface area contributed by atoms with E-state index in [1.54, 1.807) is 0 Å². The third-order valence-electron chi connectivity index (χ3n) is 7.90. The van der Waals surface area contributed by atoms with Gasteiger partial charge in [-0.2, -0.15) is 31.4 Å². The van der Waals surface area contributed by atoms with Gasteiger partial charge >= 0.3 is 18.3 Å². The summed E-state index contributed by atoms with van der Waals surface area (Å²) in [6.45, 7) is 2.04. The number of fused-ring (bicyclic) bond motifs is 1. The SMILES string of the molecule is Cc1nc(C)c(-c2cc(C(F)(F)F)c3c(NC(=O)C(F)(F)F)ncnn23)cc1C(=O)N[C@@H]1CN(C(=O)[C@@H]2CCC(F)(F)C2)C[C@@H]1F. The van der Waals surface area contributed by atoms with Crippen molar-refractivity contribution in [2.24, 2.45) is 5.92 Å². The van der Waals surface area contributed by atoms with E-state index in [2.05, 4.69) is 20.4 Å². The summed E-state index contributed by atoms with van der Waals surface area (Å²) in [7, 11) is 0. The third-order valence-corrected chi connectivity index (χ3v) is 7.90. The number of amides is 3. The average Bonchev–Trinajstić information content (AvgIpc) is 3.62. The standard InChI is InChI=1S/C27H24F9N7O3/c1-11-14(19-6-16(26(31,32)33)20-21(37-10-38-43(19)20)41-24(46)27(34,35)36)5-15(12(2)39-11)22(44)40-18-9-42(8-17(18)28)23(45)13-3-4-25(29,30)7-13/h5-6,10,13,17-18H,3-4,7-9H2,1-2H3,(H,40,44)(H,37,38,41,46)/t13-,17+,18-/m1/s1. The van der Waals surface area contributed by atoms with Crippen LogP contribution in [0.15, 0.2) is 18.5 Å². The number of carbonyl (C=O) groups is 3. The van der Waals surface area contributed by atoms with Crippen molar-refractivity contribution in [3.8, 4) is 11.3 Å². The summed E-state index contributed by atoms with van der Waals surface area (Å²) in [5, 5.41) is 7.47. The zero-order chi connectivity index (χ0) is 33.9. The van der Waals surface area contributed by atoms with Crippen LogP contribution in [0.3, 0.4) is 0 Å². The first-order chi connectivity index (χ1) is 21.3. The number of carbonyl (C=O) groups excluding carboxylic acids is 3. The lowest BCUT2D eigenvalue weighted by molar-refractivity contribution is -0.167. The van der Waals surface area contributed by atoms with Crippen LogP contribution in [0.25, 0.3) is 16.8 Å². The van der Waals surface area contributed by atoms with E-state index in [0.29, 0.717) is 16.9 Å². The van der Waals surface area contributed by atoms with Crippen LogP contribution in [0.2, 0.25) is 0 Å². The first kappa shape index (κ1) is 32.9. The molecule has 5 rings (SSSR count). The topological polar surface area (TPSA) is 122 Å². The number of hydrogen-bond acceptors (Lipinski definition) is 6. The predicted molar refractivity (Wildman–Crippen MR) is 140 cm³/mol. The van der Waals surface area contributed by atoms with Crippen molar-refractivity contribution >= 4 is 29.1 Å². The number of nitrogens with zero attached hydrogens (tertiary/aromatic N) is 5. The van der Waals surface area contributed by atoms with E-state index in [1.165, 1.54) is 19.2 Å². The maximum atomic E-state index is 14.9. The van der Waals surface area contributed by atoms with Crippen molar-refractivity contribution < 1.29 is 53.9 Å². The van der Waals surface area contributed by atoms with Gasteiger partial charge in [0.15, 0.2) is 5.82 Å². The fourth-order valence-electron chi connectivity index (χ4n) is 5.68. The highest BCUT2D eigenvalue weighted by Gasteiger charge is 2.46. The Bertz CT molecular complexity index is 1720. The van der Waals surface area contributed by atoms with Gasteiger partial charge in [0.25, 0.3) is 5.91 Å². The zero-order valence-electron chi connectivity index (χ0n) is 23.9. The molecule has 1 aliphatic carbocycles.